The molecule has 12 heavy (non-hydrogen) atoms. The van der Waals surface area contributed by atoms with Crippen LogP contribution in [0, 0.1) is 12.7 Å². The lowest BCUT2D eigenvalue weighted by Gasteiger charge is -1.98. The quantitative estimate of drug-likeness (QED) is 0.664. The number of phenols is 1. The van der Waals surface area contributed by atoms with Gasteiger partial charge in [0.05, 0.1) is 5.02 Å². The molecule has 0 unspecified atom stereocenters. The lowest BCUT2D eigenvalue weighted by Crippen LogP contribution is -1.79. The number of aryl methyl sites for hydroxylation is 1. The normalized spacial score (nSPS) is 8.75. The van der Waals surface area contributed by atoms with Crippen LogP contribution in [0.25, 0.3) is 0 Å². The molecule has 3 heteroatoms. The van der Waals surface area contributed by atoms with E-state index in [1.165, 1.54) is 12.1 Å². The maximum Gasteiger partial charge on any atom is 0.170 e. The van der Waals surface area contributed by atoms with E-state index in [1.54, 1.807) is 6.92 Å². The topological polar surface area (TPSA) is 20.2 Å². The predicted molar refractivity (Wildman–Crippen MR) is 49.2 cm³/mol. The van der Waals surface area contributed by atoms with Crippen molar-refractivity contribution in [1.82, 2.24) is 0 Å². The summed E-state index contributed by atoms with van der Waals surface area (Å²) in [5, 5.41) is 8.88. The SMILES string of the molecule is CC.Cc1cc(F)c(O)c(Cl)c1. The van der Waals surface area contributed by atoms with Crippen LogP contribution in [0.3, 0.4) is 0 Å². The number of rotatable bonds is 0. The number of aromatic hydroxyl groups is 1. The molecule has 0 aliphatic rings. The van der Waals surface area contributed by atoms with Crippen molar-refractivity contribution in [3.63, 3.8) is 0 Å². The van der Waals surface area contributed by atoms with Crippen molar-refractivity contribution in [2.45, 2.75) is 20.8 Å². The van der Waals surface area contributed by atoms with Crippen LogP contribution in [0.4, 0.5) is 4.39 Å². The first-order valence-corrected chi connectivity index (χ1v) is 4.13. The van der Waals surface area contributed by atoms with Crippen LogP contribution in [0.1, 0.15) is 19.4 Å². The minimum absolute atomic E-state index is 0.0532. The van der Waals surface area contributed by atoms with Crippen molar-refractivity contribution in [3.05, 3.63) is 28.5 Å². The van der Waals surface area contributed by atoms with Crippen LogP contribution in [0.15, 0.2) is 12.1 Å². The van der Waals surface area contributed by atoms with Crippen LogP contribution in [-0.2, 0) is 0 Å². The van der Waals surface area contributed by atoms with Crippen LogP contribution < -0.4 is 0 Å². The fourth-order valence-corrected chi connectivity index (χ4v) is 0.955. The van der Waals surface area contributed by atoms with Gasteiger partial charge in [-0.1, -0.05) is 25.4 Å². The van der Waals surface area contributed by atoms with E-state index in [4.69, 9.17) is 16.7 Å². The van der Waals surface area contributed by atoms with E-state index in [2.05, 4.69) is 0 Å². The molecule has 1 N–H and O–H groups in total. The Balaban J connectivity index is 0.000000561. The van der Waals surface area contributed by atoms with E-state index in [0.29, 0.717) is 5.56 Å². The molecule has 1 rings (SSSR count). The fourth-order valence-electron chi connectivity index (χ4n) is 0.692. The zero-order valence-corrected chi connectivity index (χ0v) is 8.11. The molecule has 0 bridgehead atoms. The van der Waals surface area contributed by atoms with Crippen LogP contribution >= 0.6 is 11.6 Å². The lowest BCUT2D eigenvalue weighted by atomic mass is 10.2. The van der Waals surface area contributed by atoms with Crippen molar-refractivity contribution < 1.29 is 9.50 Å². The molecule has 0 radical (unpaired) electrons. The third-order valence-electron chi connectivity index (χ3n) is 1.16. The van der Waals surface area contributed by atoms with Gasteiger partial charge in [0.15, 0.2) is 11.6 Å². The summed E-state index contributed by atoms with van der Waals surface area (Å²) in [6.45, 7) is 5.70. The molecule has 0 heterocycles. The van der Waals surface area contributed by atoms with E-state index in [0.717, 1.165) is 0 Å². The van der Waals surface area contributed by atoms with E-state index in [-0.39, 0.29) is 5.02 Å². The number of hydrogen-bond donors (Lipinski definition) is 1. The van der Waals surface area contributed by atoms with E-state index in [1.807, 2.05) is 13.8 Å². The van der Waals surface area contributed by atoms with E-state index >= 15 is 0 Å². The molecular formula is C9H12ClFO. The summed E-state index contributed by atoms with van der Waals surface area (Å²) in [7, 11) is 0. The summed E-state index contributed by atoms with van der Waals surface area (Å²) in [6.07, 6.45) is 0. The highest BCUT2D eigenvalue weighted by Crippen LogP contribution is 2.26. The van der Waals surface area contributed by atoms with Crippen LogP contribution in [0.2, 0.25) is 5.02 Å². The highest BCUT2D eigenvalue weighted by atomic mass is 35.5. The van der Waals surface area contributed by atoms with Gasteiger partial charge in [-0.15, -0.1) is 0 Å². The van der Waals surface area contributed by atoms with Gasteiger partial charge >= 0.3 is 0 Å². The molecule has 0 fully saturated rings. The molecule has 0 aromatic heterocycles. The molecule has 0 saturated heterocycles. The lowest BCUT2D eigenvalue weighted by molar-refractivity contribution is 0.432. The molecule has 1 aromatic carbocycles. The highest BCUT2D eigenvalue weighted by molar-refractivity contribution is 6.32. The van der Waals surface area contributed by atoms with Gasteiger partial charge in [0.2, 0.25) is 0 Å². The number of benzene rings is 1. The van der Waals surface area contributed by atoms with Gasteiger partial charge in [0, 0.05) is 0 Å². The molecule has 0 spiro atoms. The minimum Gasteiger partial charge on any atom is -0.504 e. The van der Waals surface area contributed by atoms with E-state index in [9.17, 15) is 4.39 Å². The van der Waals surface area contributed by atoms with Gasteiger partial charge < -0.3 is 5.11 Å². The second-order valence-electron chi connectivity index (χ2n) is 2.08. The Morgan fingerprint density at radius 2 is 1.83 bits per heavy atom. The number of phenolic OH excluding ortho intramolecular Hbond substituents is 1. The standard InChI is InChI=1S/C7H6ClFO.C2H6/c1-4-2-5(8)7(10)6(9)3-4;1-2/h2-3,10H,1H3;1-2H3. The summed E-state index contributed by atoms with van der Waals surface area (Å²) in [4.78, 5) is 0. The Labute approximate surface area is 76.8 Å². The maximum atomic E-state index is 12.5. The largest absolute Gasteiger partial charge is 0.504 e. The van der Waals surface area contributed by atoms with Crippen molar-refractivity contribution >= 4 is 11.6 Å². The average Bonchev–Trinajstić information content (AvgIpc) is 2.04. The molecule has 0 aliphatic heterocycles. The van der Waals surface area contributed by atoms with Gasteiger partial charge in [0.1, 0.15) is 0 Å². The summed E-state index contributed by atoms with van der Waals surface area (Å²) in [5.41, 5.74) is 0.695. The average molecular weight is 191 g/mol. The Hall–Kier alpha value is -0.760. The van der Waals surface area contributed by atoms with Gasteiger partial charge in [-0.05, 0) is 24.6 Å². The van der Waals surface area contributed by atoms with Crippen molar-refractivity contribution in [3.8, 4) is 5.75 Å². The first-order chi connectivity index (χ1) is 5.61. The fraction of sp³-hybridized carbons (Fsp3) is 0.333. The minimum atomic E-state index is -0.676. The summed E-state index contributed by atoms with van der Waals surface area (Å²) < 4.78 is 12.5. The Morgan fingerprint density at radius 1 is 1.33 bits per heavy atom. The third-order valence-corrected chi connectivity index (χ3v) is 1.45. The summed E-state index contributed by atoms with van der Waals surface area (Å²) in [6, 6.07) is 2.72. The van der Waals surface area contributed by atoms with Gasteiger partial charge in [-0.3, -0.25) is 0 Å². The highest BCUT2D eigenvalue weighted by Gasteiger charge is 2.04. The van der Waals surface area contributed by atoms with Gasteiger partial charge in [-0.2, -0.15) is 0 Å². The predicted octanol–water partition coefficient (Wildman–Crippen LogP) is 3.52. The van der Waals surface area contributed by atoms with Gasteiger partial charge in [-0.25, -0.2) is 4.39 Å². The Bertz CT molecular complexity index is 238. The molecule has 68 valence electrons. The molecule has 0 atom stereocenters. The Kier molecular flexibility index (Phi) is 4.67. The van der Waals surface area contributed by atoms with Gasteiger partial charge in [0.25, 0.3) is 0 Å². The smallest absolute Gasteiger partial charge is 0.170 e. The van der Waals surface area contributed by atoms with Crippen LogP contribution in [0.5, 0.6) is 5.75 Å². The molecule has 1 aromatic rings. The second-order valence-corrected chi connectivity index (χ2v) is 2.48. The molecule has 0 amide bonds. The second kappa shape index (κ2) is 4.99. The maximum absolute atomic E-state index is 12.5. The monoisotopic (exact) mass is 190 g/mol. The number of halogens is 2. The number of hydrogen-bond acceptors (Lipinski definition) is 1. The molecule has 0 aliphatic carbocycles. The molecule has 1 nitrogen and oxygen atoms in total. The molecular weight excluding hydrogens is 179 g/mol. The first kappa shape index (κ1) is 11.2. The zero-order valence-electron chi connectivity index (χ0n) is 7.36. The summed E-state index contributed by atoms with van der Waals surface area (Å²) >= 11 is 5.43. The third kappa shape index (κ3) is 2.70. The van der Waals surface area contributed by atoms with Crippen LogP contribution in [-0.4, -0.2) is 5.11 Å². The molecule has 0 saturated carbocycles. The van der Waals surface area contributed by atoms with Crippen molar-refractivity contribution in [2.24, 2.45) is 0 Å². The zero-order chi connectivity index (χ0) is 9.72. The van der Waals surface area contributed by atoms with E-state index < -0.39 is 11.6 Å². The van der Waals surface area contributed by atoms with Crippen molar-refractivity contribution in [1.29, 1.82) is 0 Å². The Morgan fingerprint density at radius 3 is 2.25 bits per heavy atom. The summed E-state index contributed by atoms with van der Waals surface area (Å²) in [5.74, 6) is -1.16. The van der Waals surface area contributed by atoms with Crippen molar-refractivity contribution in [2.75, 3.05) is 0 Å². The first-order valence-electron chi connectivity index (χ1n) is 3.76.